The number of fused-ring (bicyclic) bond motifs is 1. The van der Waals surface area contributed by atoms with Crippen molar-refractivity contribution in [1.82, 2.24) is 10.2 Å². The Labute approximate surface area is 234 Å². The second kappa shape index (κ2) is 10.1. The highest BCUT2D eigenvalue weighted by Crippen LogP contribution is 2.68. The number of hydrogen-bond acceptors (Lipinski definition) is 4. The molecule has 2 amide bonds. The third-order valence-corrected chi connectivity index (χ3v) is 9.56. The van der Waals surface area contributed by atoms with Crippen LogP contribution in [0.25, 0.3) is 0 Å². The number of carboxylic acids is 1. The zero-order chi connectivity index (χ0) is 27.9. The monoisotopic (exact) mass is 538 g/mol. The van der Waals surface area contributed by atoms with Gasteiger partial charge in [-0.2, -0.15) is 0 Å². The first-order valence-corrected chi connectivity index (χ1v) is 14.0. The molecule has 1 aliphatic heterocycles. The van der Waals surface area contributed by atoms with E-state index >= 15 is 0 Å². The summed E-state index contributed by atoms with van der Waals surface area (Å²) in [6, 6.07) is 26.3. The molecular weight excluding hydrogens is 504 g/mol. The molecule has 1 saturated carbocycles. The minimum absolute atomic E-state index is 0.0386. The van der Waals surface area contributed by atoms with E-state index in [1.165, 1.54) is 11.1 Å². The van der Waals surface area contributed by atoms with Crippen LogP contribution in [0.4, 0.5) is 0 Å². The molecule has 4 aliphatic rings. The second-order valence-electron chi connectivity index (χ2n) is 11.3. The van der Waals surface area contributed by atoms with Crippen molar-refractivity contribution < 1.29 is 24.2 Å². The minimum Gasteiger partial charge on any atom is -0.496 e. The number of benzene rings is 3. The van der Waals surface area contributed by atoms with E-state index in [9.17, 15) is 19.5 Å². The van der Waals surface area contributed by atoms with E-state index in [0.29, 0.717) is 18.8 Å². The maximum Gasteiger partial charge on any atom is 0.305 e. The molecule has 3 aliphatic carbocycles. The molecule has 7 heteroatoms. The van der Waals surface area contributed by atoms with Gasteiger partial charge in [0, 0.05) is 42.4 Å². The van der Waals surface area contributed by atoms with E-state index in [4.69, 9.17) is 4.74 Å². The summed E-state index contributed by atoms with van der Waals surface area (Å²) in [6.45, 7) is 0.822. The van der Waals surface area contributed by atoms with Crippen molar-refractivity contribution in [2.24, 2.45) is 11.3 Å². The number of aliphatic carboxylic acids is 1. The molecule has 3 aromatic rings. The van der Waals surface area contributed by atoms with Gasteiger partial charge in [-0.15, -0.1) is 0 Å². The van der Waals surface area contributed by atoms with Gasteiger partial charge in [0.15, 0.2) is 0 Å². The van der Waals surface area contributed by atoms with Gasteiger partial charge in [0.2, 0.25) is 11.8 Å². The summed E-state index contributed by atoms with van der Waals surface area (Å²) >= 11 is 0. The Hall–Kier alpha value is -4.13. The normalized spacial score (nSPS) is 26.1. The molecule has 1 heterocycles. The summed E-state index contributed by atoms with van der Waals surface area (Å²) in [4.78, 5) is 41.4. The Kier molecular flexibility index (Phi) is 6.61. The molecule has 0 aromatic heterocycles. The van der Waals surface area contributed by atoms with Crippen LogP contribution in [0.3, 0.4) is 0 Å². The van der Waals surface area contributed by atoms with Crippen LogP contribution in [0.2, 0.25) is 0 Å². The lowest BCUT2D eigenvalue weighted by molar-refractivity contribution is -0.140. The molecule has 2 N–H and O–H groups in total. The van der Waals surface area contributed by atoms with Gasteiger partial charge in [-0.3, -0.25) is 14.4 Å². The molecule has 1 saturated heterocycles. The van der Waals surface area contributed by atoms with Gasteiger partial charge in [-0.25, -0.2) is 0 Å². The largest absolute Gasteiger partial charge is 0.496 e. The number of ether oxygens (including phenoxy) is 1. The van der Waals surface area contributed by atoms with E-state index in [-0.39, 0.29) is 43.0 Å². The Bertz CT molecular complexity index is 1460. The number of rotatable bonds is 8. The van der Waals surface area contributed by atoms with Crippen molar-refractivity contribution in [1.29, 1.82) is 0 Å². The van der Waals surface area contributed by atoms with Crippen molar-refractivity contribution in [3.05, 3.63) is 101 Å². The van der Waals surface area contributed by atoms with Crippen molar-refractivity contribution in [2.75, 3.05) is 26.7 Å². The molecule has 0 radical (unpaired) electrons. The Morgan fingerprint density at radius 1 is 1.00 bits per heavy atom. The fourth-order valence-electron chi connectivity index (χ4n) is 7.97. The lowest BCUT2D eigenvalue weighted by atomic mass is 9.42. The first-order valence-electron chi connectivity index (χ1n) is 14.0. The third-order valence-electron chi connectivity index (χ3n) is 9.56. The van der Waals surface area contributed by atoms with Gasteiger partial charge in [0.1, 0.15) is 5.75 Å². The second-order valence-corrected chi connectivity index (χ2v) is 11.3. The Morgan fingerprint density at radius 2 is 1.73 bits per heavy atom. The fourth-order valence-corrected chi connectivity index (χ4v) is 7.97. The van der Waals surface area contributed by atoms with Crippen LogP contribution in [-0.2, 0) is 26.2 Å². The van der Waals surface area contributed by atoms with Crippen molar-refractivity contribution in [2.45, 2.75) is 37.0 Å². The van der Waals surface area contributed by atoms with E-state index in [1.54, 1.807) is 7.11 Å². The lowest BCUT2D eigenvalue weighted by Crippen LogP contribution is -2.62. The van der Waals surface area contributed by atoms with Gasteiger partial charge >= 0.3 is 5.97 Å². The molecule has 0 unspecified atom stereocenters. The number of hydrogen-bond donors (Lipinski definition) is 2. The molecule has 7 nitrogen and oxygen atoms in total. The molecule has 3 aromatic carbocycles. The molecule has 0 spiro atoms. The van der Waals surface area contributed by atoms with Gasteiger partial charge in [-0.1, -0.05) is 72.8 Å². The predicted octanol–water partition coefficient (Wildman–Crippen LogP) is 4.15. The highest BCUT2D eigenvalue weighted by atomic mass is 16.5. The summed E-state index contributed by atoms with van der Waals surface area (Å²) in [5.41, 5.74) is 3.09. The van der Waals surface area contributed by atoms with Gasteiger partial charge in [-0.05, 0) is 35.6 Å². The van der Waals surface area contributed by atoms with Crippen LogP contribution in [0.1, 0.15) is 47.4 Å². The molecule has 2 fully saturated rings. The number of para-hydroxylation sites is 1. The van der Waals surface area contributed by atoms with Crippen LogP contribution in [0.5, 0.6) is 5.75 Å². The Morgan fingerprint density at radius 3 is 2.50 bits per heavy atom. The number of nitrogens with one attached hydrogen (secondary N) is 1. The summed E-state index contributed by atoms with van der Waals surface area (Å²) in [5.74, 6) is -0.683. The van der Waals surface area contributed by atoms with Gasteiger partial charge < -0.3 is 20.1 Å². The summed E-state index contributed by atoms with van der Waals surface area (Å²) < 4.78 is 5.50. The first-order chi connectivity index (χ1) is 19.4. The molecule has 2 bridgehead atoms. The third kappa shape index (κ3) is 3.90. The molecule has 7 rings (SSSR count). The number of amides is 2. The van der Waals surface area contributed by atoms with Gasteiger partial charge in [0.05, 0.1) is 25.4 Å². The zero-order valence-electron chi connectivity index (χ0n) is 22.6. The molecular formula is C33H34N2O5. The average molecular weight is 539 g/mol. The van der Waals surface area contributed by atoms with E-state index in [2.05, 4.69) is 35.6 Å². The molecule has 206 valence electrons. The Balaban J connectivity index is 1.45. The van der Waals surface area contributed by atoms with E-state index < -0.39 is 16.8 Å². The van der Waals surface area contributed by atoms with Crippen molar-refractivity contribution in [3.63, 3.8) is 0 Å². The number of carboxylic acid groups (broad SMARTS) is 1. The van der Waals surface area contributed by atoms with E-state index in [0.717, 1.165) is 24.0 Å². The SMILES string of the molecule is COc1ccccc1CC(=O)N1C[C@H]2[C@@]3(c4ccccc4)CC[C@H](c4ccccc43)[C@@]2(C(=O)NCCC(=O)O)C1. The van der Waals surface area contributed by atoms with Crippen molar-refractivity contribution >= 4 is 17.8 Å². The van der Waals surface area contributed by atoms with Crippen molar-refractivity contribution in [3.8, 4) is 5.75 Å². The van der Waals surface area contributed by atoms with Gasteiger partial charge in [0.25, 0.3) is 0 Å². The smallest absolute Gasteiger partial charge is 0.305 e. The maximum absolute atomic E-state index is 14.3. The summed E-state index contributed by atoms with van der Waals surface area (Å²) in [7, 11) is 1.60. The quantitative estimate of drug-likeness (QED) is 0.449. The first kappa shape index (κ1) is 26.1. The molecule has 4 atom stereocenters. The zero-order valence-corrected chi connectivity index (χ0v) is 22.6. The van der Waals surface area contributed by atoms with Crippen LogP contribution >= 0.6 is 0 Å². The summed E-state index contributed by atoms with van der Waals surface area (Å²) in [5, 5.41) is 12.2. The standard InChI is InChI=1S/C33H34N2O5/c1-40-27-14-8-5-9-22(27)19-29(36)35-20-28-32(23-10-3-2-4-11-23)17-15-26(24-12-6-7-13-25(24)32)33(28,21-35)31(39)34-18-16-30(37)38/h2-14,26,28H,15-21H2,1H3,(H,34,39)(H,37,38)/t26-,28+,32-,33+/m1/s1. The average Bonchev–Trinajstić information content (AvgIpc) is 3.42. The number of methoxy groups -OCH3 is 1. The predicted molar refractivity (Wildman–Crippen MR) is 150 cm³/mol. The highest BCUT2D eigenvalue weighted by Gasteiger charge is 2.70. The van der Waals surface area contributed by atoms with Crippen LogP contribution in [0, 0.1) is 11.3 Å². The lowest BCUT2D eigenvalue weighted by Gasteiger charge is -2.60. The summed E-state index contributed by atoms with van der Waals surface area (Å²) in [6.07, 6.45) is 1.75. The number of likely N-dealkylation sites (tertiary alicyclic amines) is 1. The van der Waals surface area contributed by atoms with E-state index in [1.807, 2.05) is 53.4 Å². The number of nitrogens with zero attached hydrogens (tertiary/aromatic N) is 1. The van der Waals surface area contributed by atoms with Crippen LogP contribution in [-0.4, -0.2) is 54.5 Å². The fraction of sp³-hybridized carbons (Fsp3) is 0.364. The highest BCUT2D eigenvalue weighted by molar-refractivity contribution is 5.89. The maximum atomic E-state index is 14.3. The topological polar surface area (TPSA) is 95.9 Å². The molecule has 40 heavy (non-hydrogen) atoms. The number of carbonyl (C=O) groups excluding carboxylic acids is 2. The van der Waals surface area contributed by atoms with Crippen LogP contribution in [0.15, 0.2) is 78.9 Å². The minimum atomic E-state index is -0.953. The van der Waals surface area contributed by atoms with Crippen LogP contribution < -0.4 is 10.1 Å². The number of carbonyl (C=O) groups is 3.